The van der Waals surface area contributed by atoms with Gasteiger partial charge in [-0.15, -0.1) is 0 Å². The summed E-state index contributed by atoms with van der Waals surface area (Å²) in [5.41, 5.74) is 1.35. The fraction of sp³-hybridized carbons (Fsp3) is 0.412. The molecule has 1 saturated heterocycles. The van der Waals surface area contributed by atoms with Crippen LogP contribution in [0, 0.1) is 0 Å². The zero-order chi connectivity index (χ0) is 13.8. The van der Waals surface area contributed by atoms with Crippen molar-refractivity contribution >= 4 is 10.8 Å². The SMILES string of the molecule is CN1CCO[C@@H](CNCc2cccc3ccccc23)C1. The first kappa shape index (κ1) is 13.6. The molecule has 106 valence electrons. The number of hydrogen-bond acceptors (Lipinski definition) is 3. The molecule has 0 unspecified atom stereocenters. The van der Waals surface area contributed by atoms with Crippen LogP contribution >= 0.6 is 0 Å². The minimum atomic E-state index is 0.309. The molecule has 0 aromatic heterocycles. The summed E-state index contributed by atoms with van der Waals surface area (Å²) in [6.45, 7) is 4.71. The molecule has 0 amide bonds. The quantitative estimate of drug-likeness (QED) is 0.922. The number of nitrogens with zero attached hydrogens (tertiary/aromatic N) is 1. The molecule has 0 aliphatic carbocycles. The van der Waals surface area contributed by atoms with Crippen molar-refractivity contribution in [3.05, 3.63) is 48.0 Å². The molecule has 0 saturated carbocycles. The van der Waals surface area contributed by atoms with Crippen molar-refractivity contribution in [1.82, 2.24) is 10.2 Å². The number of fused-ring (bicyclic) bond motifs is 1. The van der Waals surface area contributed by atoms with Crippen LogP contribution in [0.2, 0.25) is 0 Å². The highest BCUT2D eigenvalue weighted by Gasteiger charge is 2.16. The third-order valence-corrected chi connectivity index (χ3v) is 3.91. The summed E-state index contributed by atoms with van der Waals surface area (Å²) in [5.74, 6) is 0. The van der Waals surface area contributed by atoms with Gasteiger partial charge in [0, 0.05) is 26.2 Å². The number of benzene rings is 2. The predicted octanol–water partition coefficient (Wildman–Crippen LogP) is 2.26. The van der Waals surface area contributed by atoms with Crippen LogP contribution < -0.4 is 5.32 Å². The van der Waals surface area contributed by atoms with Crippen molar-refractivity contribution in [2.45, 2.75) is 12.6 Å². The number of nitrogens with one attached hydrogen (secondary N) is 1. The molecule has 1 aliphatic heterocycles. The van der Waals surface area contributed by atoms with Gasteiger partial charge in [0.25, 0.3) is 0 Å². The number of rotatable bonds is 4. The number of likely N-dealkylation sites (N-methyl/N-ethyl adjacent to an activating group) is 1. The largest absolute Gasteiger partial charge is 0.374 e. The summed E-state index contributed by atoms with van der Waals surface area (Å²) in [4.78, 5) is 2.33. The molecule has 3 heteroatoms. The lowest BCUT2D eigenvalue weighted by Gasteiger charge is -2.30. The van der Waals surface area contributed by atoms with Gasteiger partial charge < -0.3 is 15.0 Å². The fourth-order valence-electron chi connectivity index (χ4n) is 2.80. The van der Waals surface area contributed by atoms with Crippen LogP contribution in [0.25, 0.3) is 10.8 Å². The van der Waals surface area contributed by atoms with E-state index in [9.17, 15) is 0 Å². The second kappa shape index (κ2) is 6.35. The van der Waals surface area contributed by atoms with Gasteiger partial charge in [-0.1, -0.05) is 42.5 Å². The average Bonchev–Trinajstić information content (AvgIpc) is 2.48. The van der Waals surface area contributed by atoms with E-state index in [4.69, 9.17) is 4.74 Å². The normalized spacial score (nSPS) is 20.4. The Bertz CT molecular complexity index is 564. The van der Waals surface area contributed by atoms with Crippen molar-refractivity contribution in [3.8, 4) is 0 Å². The van der Waals surface area contributed by atoms with E-state index in [1.807, 2.05) is 0 Å². The Kier molecular flexibility index (Phi) is 4.31. The molecule has 0 bridgehead atoms. The van der Waals surface area contributed by atoms with Crippen LogP contribution in [-0.4, -0.2) is 44.3 Å². The Morgan fingerprint density at radius 2 is 2.05 bits per heavy atom. The van der Waals surface area contributed by atoms with Crippen LogP contribution in [0.4, 0.5) is 0 Å². The van der Waals surface area contributed by atoms with Crippen LogP contribution in [0.1, 0.15) is 5.56 Å². The highest BCUT2D eigenvalue weighted by atomic mass is 16.5. The van der Waals surface area contributed by atoms with Gasteiger partial charge in [-0.25, -0.2) is 0 Å². The minimum absolute atomic E-state index is 0.309. The molecule has 0 spiro atoms. The Labute approximate surface area is 120 Å². The third kappa shape index (κ3) is 3.18. The molecule has 3 nitrogen and oxygen atoms in total. The first-order valence-electron chi connectivity index (χ1n) is 7.30. The second-order valence-corrected chi connectivity index (χ2v) is 5.52. The van der Waals surface area contributed by atoms with Crippen molar-refractivity contribution in [1.29, 1.82) is 0 Å². The molecular formula is C17H22N2O. The van der Waals surface area contributed by atoms with Gasteiger partial charge in [-0.2, -0.15) is 0 Å². The number of ether oxygens (including phenoxy) is 1. The van der Waals surface area contributed by atoms with E-state index in [1.54, 1.807) is 0 Å². The van der Waals surface area contributed by atoms with Crippen molar-refractivity contribution in [2.24, 2.45) is 0 Å². The summed E-state index contributed by atoms with van der Waals surface area (Å²) < 4.78 is 5.77. The van der Waals surface area contributed by atoms with Crippen molar-refractivity contribution in [3.63, 3.8) is 0 Å². The van der Waals surface area contributed by atoms with E-state index in [1.165, 1.54) is 16.3 Å². The highest BCUT2D eigenvalue weighted by molar-refractivity contribution is 5.85. The van der Waals surface area contributed by atoms with Gasteiger partial charge >= 0.3 is 0 Å². The standard InChI is InChI=1S/C17H22N2O/c1-19-9-10-20-16(13-19)12-18-11-15-7-4-6-14-5-2-3-8-17(14)15/h2-8,16,18H,9-13H2,1H3/t16-/m0/s1. The smallest absolute Gasteiger partial charge is 0.0826 e. The van der Waals surface area contributed by atoms with E-state index in [0.29, 0.717) is 6.10 Å². The number of hydrogen-bond donors (Lipinski definition) is 1. The van der Waals surface area contributed by atoms with Gasteiger partial charge in [0.05, 0.1) is 12.7 Å². The van der Waals surface area contributed by atoms with Gasteiger partial charge in [-0.3, -0.25) is 0 Å². The Morgan fingerprint density at radius 3 is 2.95 bits per heavy atom. The van der Waals surface area contributed by atoms with Crippen LogP contribution in [-0.2, 0) is 11.3 Å². The molecule has 1 heterocycles. The van der Waals surface area contributed by atoms with E-state index in [-0.39, 0.29) is 0 Å². The van der Waals surface area contributed by atoms with Gasteiger partial charge in [-0.05, 0) is 23.4 Å². The Balaban J connectivity index is 1.60. The van der Waals surface area contributed by atoms with Crippen molar-refractivity contribution < 1.29 is 4.74 Å². The lowest BCUT2D eigenvalue weighted by molar-refractivity contribution is -0.0182. The summed E-state index contributed by atoms with van der Waals surface area (Å²) in [6, 6.07) is 15.0. The van der Waals surface area contributed by atoms with Crippen LogP contribution in [0.15, 0.2) is 42.5 Å². The summed E-state index contributed by atoms with van der Waals surface area (Å²) in [6.07, 6.45) is 0.309. The summed E-state index contributed by atoms with van der Waals surface area (Å²) >= 11 is 0. The zero-order valence-corrected chi connectivity index (χ0v) is 12.0. The Morgan fingerprint density at radius 1 is 1.20 bits per heavy atom. The van der Waals surface area contributed by atoms with Crippen LogP contribution in [0.5, 0.6) is 0 Å². The fourth-order valence-corrected chi connectivity index (χ4v) is 2.80. The molecule has 0 radical (unpaired) electrons. The maximum atomic E-state index is 5.77. The molecule has 20 heavy (non-hydrogen) atoms. The summed E-state index contributed by atoms with van der Waals surface area (Å²) in [7, 11) is 2.15. The third-order valence-electron chi connectivity index (χ3n) is 3.91. The molecule has 2 aromatic rings. The lowest BCUT2D eigenvalue weighted by Crippen LogP contribution is -2.44. The minimum Gasteiger partial charge on any atom is -0.374 e. The molecule has 1 atom stereocenters. The Hall–Kier alpha value is -1.42. The van der Waals surface area contributed by atoms with E-state index >= 15 is 0 Å². The van der Waals surface area contributed by atoms with Gasteiger partial charge in [0.2, 0.25) is 0 Å². The van der Waals surface area contributed by atoms with Crippen LogP contribution in [0.3, 0.4) is 0 Å². The first-order chi connectivity index (χ1) is 9.83. The molecule has 1 fully saturated rings. The number of morpholine rings is 1. The first-order valence-corrected chi connectivity index (χ1v) is 7.30. The highest BCUT2D eigenvalue weighted by Crippen LogP contribution is 2.18. The van der Waals surface area contributed by atoms with Crippen molar-refractivity contribution in [2.75, 3.05) is 33.3 Å². The monoisotopic (exact) mass is 270 g/mol. The zero-order valence-electron chi connectivity index (χ0n) is 12.0. The van der Waals surface area contributed by atoms with E-state index in [2.05, 4.69) is 59.7 Å². The topological polar surface area (TPSA) is 24.5 Å². The average molecular weight is 270 g/mol. The van der Waals surface area contributed by atoms with E-state index < -0.39 is 0 Å². The van der Waals surface area contributed by atoms with Gasteiger partial charge in [0.1, 0.15) is 0 Å². The molecule has 3 rings (SSSR count). The predicted molar refractivity (Wildman–Crippen MR) is 82.9 cm³/mol. The molecular weight excluding hydrogens is 248 g/mol. The molecule has 1 aliphatic rings. The molecule has 1 N–H and O–H groups in total. The second-order valence-electron chi connectivity index (χ2n) is 5.52. The maximum absolute atomic E-state index is 5.77. The van der Waals surface area contributed by atoms with E-state index in [0.717, 1.165) is 32.8 Å². The maximum Gasteiger partial charge on any atom is 0.0826 e. The lowest BCUT2D eigenvalue weighted by atomic mass is 10.0. The van der Waals surface area contributed by atoms with Gasteiger partial charge in [0.15, 0.2) is 0 Å². The summed E-state index contributed by atoms with van der Waals surface area (Å²) in [5, 5.41) is 6.18. The molecule has 2 aromatic carbocycles.